The van der Waals surface area contributed by atoms with Crippen molar-refractivity contribution in [1.82, 2.24) is 20.2 Å². The highest BCUT2D eigenvalue weighted by molar-refractivity contribution is 5.26. The molecule has 2 aliphatic rings. The van der Waals surface area contributed by atoms with Crippen LogP contribution in [0.5, 0.6) is 0 Å². The molecular weight excluding hydrogens is 308 g/mol. The van der Waals surface area contributed by atoms with Crippen LogP contribution >= 0.6 is 0 Å². The maximum absolute atomic E-state index is 4.87. The normalized spacial score (nSPS) is 20.8. The Hall–Kier alpha value is -1.78. The van der Waals surface area contributed by atoms with Gasteiger partial charge in [-0.25, -0.2) is 9.97 Å². The summed E-state index contributed by atoms with van der Waals surface area (Å²) in [7, 11) is 0. The molecule has 4 rings (SSSR count). The number of hydrogen-bond acceptors (Lipinski definition) is 4. The Balaban J connectivity index is 1.42. The second kappa shape index (κ2) is 7.22. The van der Waals surface area contributed by atoms with Crippen LogP contribution in [0.4, 0.5) is 0 Å². The SMILES string of the molecule is CC(C)c1ccc(CN2CCc3nc(C4CCCN4)ncc3C2)cc1. The van der Waals surface area contributed by atoms with E-state index in [0.29, 0.717) is 12.0 Å². The van der Waals surface area contributed by atoms with Crippen LogP contribution < -0.4 is 5.32 Å². The van der Waals surface area contributed by atoms with Crippen molar-refractivity contribution in [3.05, 3.63) is 58.7 Å². The van der Waals surface area contributed by atoms with E-state index in [0.717, 1.165) is 44.8 Å². The van der Waals surface area contributed by atoms with Gasteiger partial charge in [0.2, 0.25) is 0 Å². The second-order valence-corrected chi connectivity index (χ2v) is 7.71. The molecule has 0 amide bonds. The van der Waals surface area contributed by atoms with E-state index >= 15 is 0 Å². The van der Waals surface area contributed by atoms with Gasteiger partial charge in [-0.1, -0.05) is 38.1 Å². The molecule has 2 aromatic rings. The van der Waals surface area contributed by atoms with Gasteiger partial charge in [-0.3, -0.25) is 4.90 Å². The van der Waals surface area contributed by atoms with Gasteiger partial charge in [0.1, 0.15) is 5.82 Å². The van der Waals surface area contributed by atoms with Gasteiger partial charge in [0, 0.05) is 43.5 Å². The fourth-order valence-corrected chi connectivity index (χ4v) is 3.86. The first-order valence-electron chi connectivity index (χ1n) is 9.58. The number of rotatable bonds is 4. The van der Waals surface area contributed by atoms with Crippen LogP contribution in [0, 0.1) is 0 Å². The molecule has 0 aliphatic carbocycles. The highest BCUT2D eigenvalue weighted by Crippen LogP contribution is 2.24. The van der Waals surface area contributed by atoms with E-state index in [9.17, 15) is 0 Å². The number of aromatic nitrogens is 2. The molecule has 132 valence electrons. The molecular formula is C21H28N4. The Morgan fingerprint density at radius 2 is 2.08 bits per heavy atom. The van der Waals surface area contributed by atoms with Gasteiger partial charge < -0.3 is 5.32 Å². The molecule has 1 aromatic heterocycles. The first-order valence-corrected chi connectivity index (χ1v) is 9.58. The standard InChI is InChI=1S/C21H28N4/c1-15(2)17-7-5-16(6-8-17)13-25-11-9-19-18(14-25)12-23-21(24-19)20-4-3-10-22-20/h5-8,12,15,20,22H,3-4,9-11,13-14H2,1-2H3. The van der Waals surface area contributed by atoms with Crippen LogP contribution in [0.3, 0.4) is 0 Å². The summed E-state index contributed by atoms with van der Waals surface area (Å²) in [5, 5.41) is 3.50. The van der Waals surface area contributed by atoms with Gasteiger partial charge in [-0.2, -0.15) is 0 Å². The molecule has 3 heterocycles. The number of hydrogen-bond donors (Lipinski definition) is 1. The molecule has 25 heavy (non-hydrogen) atoms. The largest absolute Gasteiger partial charge is 0.307 e. The van der Waals surface area contributed by atoms with Gasteiger partial charge in [-0.05, 0) is 36.4 Å². The molecule has 0 spiro atoms. The molecule has 1 N–H and O–H groups in total. The smallest absolute Gasteiger partial charge is 0.145 e. The second-order valence-electron chi connectivity index (χ2n) is 7.71. The van der Waals surface area contributed by atoms with Crippen molar-refractivity contribution < 1.29 is 0 Å². The number of benzene rings is 1. The summed E-state index contributed by atoms with van der Waals surface area (Å²) in [5.41, 5.74) is 5.35. The summed E-state index contributed by atoms with van der Waals surface area (Å²) in [4.78, 5) is 12.0. The van der Waals surface area contributed by atoms with Crippen molar-refractivity contribution in [1.29, 1.82) is 0 Å². The predicted octanol–water partition coefficient (Wildman–Crippen LogP) is 3.58. The highest BCUT2D eigenvalue weighted by atomic mass is 15.1. The van der Waals surface area contributed by atoms with E-state index in [2.05, 4.69) is 59.5 Å². The predicted molar refractivity (Wildman–Crippen MR) is 100 cm³/mol. The first-order chi connectivity index (χ1) is 12.2. The van der Waals surface area contributed by atoms with E-state index in [-0.39, 0.29) is 0 Å². The van der Waals surface area contributed by atoms with E-state index < -0.39 is 0 Å². The maximum Gasteiger partial charge on any atom is 0.145 e. The Labute approximate surface area is 150 Å². The summed E-state index contributed by atoms with van der Waals surface area (Å²) < 4.78 is 0. The molecule has 1 saturated heterocycles. The van der Waals surface area contributed by atoms with Crippen molar-refractivity contribution in [3.63, 3.8) is 0 Å². The fourth-order valence-electron chi connectivity index (χ4n) is 3.86. The third-order valence-corrected chi connectivity index (χ3v) is 5.46. The van der Waals surface area contributed by atoms with Crippen molar-refractivity contribution in [2.75, 3.05) is 13.1 Å². The molecule has 0 saturated carbocycles. The van der Waals surface area contributed by atoms with Crippen LogP contribution in [-0.4, -0.2) is 28.0 Å². The molecule has 1 aromatic carbocycles. The summed E-state index contributed by atoms with van der Waals surface area (Å²) >= 11 is 0. The van der Waals surface area contributed by atoms with E-state index in [1.165, 1.54) is 28.8 Å². The molecule has 4 heteroatoms. The van der Waals surface area contributed by atoms with Crippen LogP contribution in [0.1, 0.15) is 66.9 Å². The zero-order valence-corrected chi connectivity index (χ0v) is 15.3. The van der Waals surface area contributed by atoms with Gasteiger partial charge in [0.15, 0.2) is 0 Å². The monoisotopic (exact) mass is 336 g/mol. The van der Waals surface area contributed by atoms with Gasteiger partial charge >= 0.3 is 0 Å². The molecule has 4 nitrogen and oxygen atoms in total. The number of nitrogens with one attached hydrogen (secondary N) is 1. The lowest BCUT2D eigenvalue weighted by molar-refractivity contribution is 0.242. The summed E-state index contributed by atoms with van der Waals surface area (Å²) in [6, 6.07) is 9.44. The van der Waals surface area contributed by atoms with Gasteiger partial charge in [0.05, 0.1) is 6.04 Å². The summed E-state index contributed by atoms with van der Waals surface area (Å²) in [5.74, 6) is 1.59. The third-order valence-electron chi connectivity index (χ3n) is 5.46. The van der Waals surface area contributed by atoms with Crippen LogP contribution in [0.25, 0.3) is 0 Å². The molecule has 0 bridgehead atoms. The Morgan fingerprint density at radius 3 is 2.80 bits per heavy atom. The minimum atomic E-state index is 0.364. The Bertz CT molecular complexity index is 717. The minimum absolute atomic E-state index is 0.364. The van der Waals surface area contributed by atoms with E-state index in [1.807, 2.05) is 0 Å². The fraction of sp³-hybridized carbons (Fsp3) is 0.524. The van der Waals surface area contributed by atoms with Gasteiger partial charge in [-0.15, -0.1) is 0 Å². The quantitative estimate of drug-likeness (QED) is 0.926. The van der Waals surface area contributed by atoms with Crippen molar-refractivity contribution >= 4 is 0 Å². The molecule has 1 atom stereocenters. The average Bonchev–Trinajstić information content (AvgIpc) is 3.16. The van der Waals surface area contributed by atoms with Crippen molar-refractivity contribution in [2.24, 2.45) is 0 Å². The van der Waals surface area contributed by atoms with Crippen LogP contribution in [-0.2, 0) is 19.5 Å². The average molecular weight is 336 g/mol. The van der Waals surface area contributed by atoms with E-state index in [1.54, 1.807) is 0 Å². The summed E-state index contributed by atoms with van der Waals surface area (Å²) in [6.45, 7) is 8.61. The van der Waals surface area contributed by atoms with Crippen LogP contribution in [0.2, 0.25) is 0 Å². The topological polar surface area (TPSA) is 41.1 Å². The van der Waals surface area contributed by atoms with Gasteiger partial charge in [0.25, 0.3) is 0 Å². The maximum atomic E-state index is 4.87. The third kappa shape index (κ3) is 3.75. The van der Waals surface area contributed by atoms with Crippen molar-refractivity contribution in [2.45, 2.75) is 58.2 Å². The lowest BCUT2D eigenvalue weighted by Crippen LogP contribution is -2.31. The van der Waals surface area contributed by atoms with Crippen LogP contribution in [0.15, 0.2) is 30.5 Å². The number of nitrogens with zero attached hydrogens (tertiary/aromatic N) is 3. The lowest BCUT2D eigenvalue weighted by Gasteiger charge is -2.28. The molecule has 2 aliphatic heterocycles. The summed E-state index contributed by atoms with van der Waals surface area (Å²) in [6.07, 6.45) is 5.49. The molecule has 1 unspecified atom stereocenters. The highest BCUT2D eigenvalue weighted by Gasteiger charge is 2.23. The lowest BCUT2D eigenvalue weighted by atomic mass is 10.0. The molecule has 1 fully saturated rings. The zero-order valence-electron chi connectivity index (χ0n) is 15.3. The number of fused-ring (bicyclic) bond motifs is 1. The van der Waals surface area contributed by atoms with Crippen molar-refractivity contribution in [3.8, 4) is 0 Å². The first kappa shape index (κ1) is 16.7. The Kier molecular flexibility index (Phi) is 4.82. The molecule has 0 radical (unpaired) electrons. The Morgan fingerprint density at radius 1 is 1.24 bits per heavy atom. The van der Waals surface area contributed by atoms with E-state index in [4.69, 9.17) is 4.98 Å². The minimum Gasteiger partial charge on any atom is -0.307 e. The zero-order chi connectivity index (χ0) is 17.2.